The quantitative estimate of drug-likeness (QED) is 0.930. The van der Waals surface area contributed by atoms with Crippen molar-refractivity contribution in [2.45, 2.75) is 45.1 Å². The molecule has 1 aliphatic heterocycles. The number of nitrogens with zero attached hydrogens (tertiary/aromatic N) is 1. The molecule has 0 aromatic heterocycles. The van der Waals surface area contributed by atoms with E-state index in [-0.39, 0.29) is 0 Å². The highest BCUT2D eigenvalue weighted by atomic mass is 32.2. The normalized spacial score (nSPS) is 21.1. The summed E-state index contributed by atoms with van der Waals surface area (Å²) in [5.74, 6) is 0.428. The predicted molar refractivity (Wildman–Crippen MR) is 81.0 cm³/mol. The average molecular weight is 296 g/mol. The fourth-order valence-corrected chi connectivity index (χ4v) is 4.74. The van der Waals surface area contributed by atoms with E-state index in [1.54, 1.807) is 10.4 Å². The molecule has 1 atom stereocenters. The number of nitrogens with two attached hydrogens (primary N) is 1. The van der Waals surface area contributed by atoms with E-state index >= 15 is 0 Å². The molecule has 5 heteroatoms. The van der Waals surface area contributed by atoms with Gasteiger partial charge in [0.25, 0.3) is 0 Å². The van der Waals surface area contributed by atoms with Crippen molar-refractivity contribution in [1.29, 1.82) is 0 Å². The van der Waals surface area contributed by atoms with Gasteiger partial charge < -0.3 is 5.73 Å². The molecule has 112 valence electrons. The second-order valence-corrected chi connectivity index (χ2v) is 7.76. The molecule has 0 spiro atoms. The number of piperidine rings is 1. The summed E-state index contributed by atoms with van der Waals surface area (Å²) in [6, 6.07) is 3.70. The van der Waals surface area contributed by atoms with Crippen LogP contribution in [-0.4, -0.2) is 25.8 Å². The van der Waals surface area contributed by atoms with Gasteiger partial charge >= 0.3 is 0 Å². The molecule has 2 N–H and O–H groups in total. The number of hydrogen-bond acceptors (Lipinski definition) is 3. The van der Waals surface area contributed by atoms with Crippen LogP contribution in [0.5, 0.6) is 0 Å². The Hall–Kier alpha value is -0.910. The van der Waals surface area contributed by atoms with Gasteiger partial charge in [-0.1, -0.05) is 13.0 Å². The van der Waals surface area contributed by atoms with Crippen LogP contribution in [-0.2, 0) is 16.6 Å². The Bertz CT molecular complexity index is 596. The van der Waals surface area contributed by atoms with Gasteiger partial charge in [-0.15, -0.1) is 0 Å². The first kappa shape index (κ1) is 15.5. The number of aryl methyl sites for hydroxylation is 1. The van der Waals surface area contributed by atoms with Crippen molar-refractivity contribution in [3.63, 3.8) is 0 Å². The summed E-state index contributed by atoms with van der Waals surface area (Å²) < 4.78 is 27.3. The van der Waals surface area contributed by atoms with Gasteiger partial charge in [-0.05, 0) is 55.4 Å². The maximum absolute atomic E-state index is 12.9. The maximum atomic E-state index is 12.9. The third-order valence-electron chi connectivity index (χ3n) is 4.15. The largest absolute Gasteiger partial charge is 0.326 e. The molecular weight excluding hydrogens is 272 g/mol. The van der Waals surface area contributed by atoms with Crippen molar-refractivity contribution in [3.8, 4) is 0 Å². The fourth-order valence-electron chi connectivity index (χ4n) is 2.79. The molecule has 1 aromatic rings. The topological polar surface area (TPSA) is 63.4 Å². The van der Waals surface area contributed by atoms with Gasteiger partial charge in [0.1, 0.15) is 0 Å². The maximum Gasteiger partial charge on any atom is 0.243 e. The first-order valence-electron chi connectivity index (χ1n) is 7.16. The van der Waals surface area contributed by atoms with Crippen molar-refractivity contribution in [2.24, 2.45) is 11.7 Å². The Kier molecular flexibility index (Phi) is 4.52. The average Bonchev–Trinajstić information content (AvgIpc) is 2.41. The third kappa shape index (κ3) is 2.90. The van der Waals surface area contributed by atoms with Gasteiger partial charge in [0, 0.05) is 19.6 Å². The smallest absolute Gasteiger partial charge is 0.243 e. The first-order chi connectivity index (χ1) is 9.36. The molecule has 0 aliphatic carbocycles. The molecule has 1 heterocycles. The SMILES string of the molecule is Cc1cc(CN)cc(S(=O)(=O)N2CCCC(C)C2)c1C. The van der Waals surface area contributed by atoms with Crippen molar-refractivity contribution in [2.75, 3.05) is 13.1 Å². The lowest BCUT2D eigenvalue weighted by atomic mass is 10.0. The highest BCUT2D eigenvalue weighted by Gasteiger charge is 2.30. The molecule has 1 unspecified atom stereocenters. The van der Waals surface area contributed by atoms with Crippen LogP contribution in [0.2, 0.25) is 0 Å². The van der Waals surface area contributed by atoms with E-state index in [4.69, 9.17) is 5.73 Å². The number of hydrogen-bond donors (Lipinski definition) is 1. The number of sulfonamides is 1. The van der Waals surface area contributed by atoms with Crippen LogP contribution in [0.25, 0.3) is 0 Å². The van der Waals surface area contributed by atoms with Crippen LogP contribution in [0.1, 0.15) is 36.5 Å². The Morgan fingerprint density at radius 2 is 2.05 bits per heavy atom. The summed E-state index contributed by atoms with van der Waals surface area (Å²) in [4.78, 5) is 0.423. The molecule has 20 heavy (non-hydrogen) atoms. The van der Waals surface area contributed by atoms with Crippen LogP contribution in [0.15, 0.2) is 17.0 Å². The van der Waals surface area contributed by atoms with E-state index in [1.165, 1.54) is 0 Å². The lowest BCUT2D eigenvalue weighted by Crippen LogP contribution is -2.39. The monoisotopic (exact) mass is 296 g/mol. The lowest BCUT2D eigenvalue weighted by Gasteiger charge is -2.30. The molecule has 0 bridgehead atoms. The van der Waals surface area contributed by atoms with E-state index in [9.17, 15) is 8.42 Å². The van der Waals surface area contributed by atoms with Gasteiger partial charge in [-0.25, -0.2) is 8.42 Å². The highest BCUT2D eigenvalue weighted by molar-refractivity contribution is 7.89. The van der Waals surface area contributed by atoms with Crippen LogP contribution in [0.4, 0.5) is 0 Å². The van der Waals surface area contributed by atoms with E-state index in [1.807, 2.05) is 19.9 Å². The molecule has 1 aromatic carbocycles. The first-order valence-corrected chi connectivity index (χ1v) is 8.60. The van der Waals surface area contributed by atoms with Gasteiger partial charge in [-0.2, -0.15) is 4.31 Å². The molecule has 0 amide bonds. The van der Waals surface area contributed by atoms with Gasteiger partial charge in [0.05, 0.1) is 4.90 Å². The van der Waals surface area contributed by atoms with Crippen LogP contribution >= 0.6 is 0 Å². The van der Waals surface area contributed by atoms with Gasteiger partial charge in [0.15, 0.2) is 0 Å². The van der Waals surface area contributed by atoms with E-state index in [0.29, 0.717) is 30.4 Å². The standard InChI is InChI=1S/C15H24N2O2S/c1-11-5-4-6-17(10-11)20(18,19)15-8-14(9-16)7-12(2)13(15)3/h7-8,11H,4-6,9-10,16H2,1-3H3. The van der Waals surface area contributed by atoms with Crippen LogP contribution < -0.4 is 5.73 Å². The summed E-state index contributed by atoms with van der Waals surface area (Å²) in [7, 11) is -3.40. The predicted octanol–water partition coefficient (Wildman–Crippen LogP) is 2.18. The minimum atomic E-state index is -3.40. The Morgan fingerprint density at radius 3 is 2.65 bits per heavy atom. The zero-order valence-corrected chi connectivity index (χ0v) is 13.3. The van der Waals surface area contributed by atoms with E-state index in [2.05, 4.69) is 6.92 Å². The summed E-state index contributed by atoms with van der Waals surface area (Å²) in [5.41, 5.74) is 8.36. The zero-order valence-electron chi connectivity index (χ0n) is 12.5. The Balaban J connectivity index is 2.46. The molecule has 0 radical (unpaired) electrons. The molecular formula is C15H24N2O2S. The number of benzene rings is 1. The second kappa shape index (κ2) is 5.84. The van der Waals surface area contributed by atoms with Crippen molar-refractivity contribution in [3.05, 3.63) is 28.8 Å². The summed E-state index contributed by atoms with van der Waals surface area (Å²) >= 11 is 0. The molecule has 4 nitrogen and oxygen atoms in total. The van der Waals surface area contributed by atoms with Crippen molar-refractivity contribution < 1.29 is 8.42 Å². The number of rotatable bonds is 3. The molecule has 0 saturated carbocycles. The molecule has 1 fully saturated rings. The summed E-state index contributed by atoms with van der Waals surface area (Å²) in [6.45, 7) is 7.52. The highest BCUT2D eigenvalue weighted by Crippen LogP contribution is 2.27. The molecule has 1 saturated heterocycles. The zero-order chi connectivity index (χ0) is 14.9. The summed E-state index contributed by atoms with van der Waals surface area (Å²) in [5, 5.41) is 0. The third-order valence-corrected chi connectivity index (χ3v) is 6.14. The van der Waals surface area contributed by atoms with E-state index in [0.717, 1.165) is 29.5 Å². The second-order valence-electron chi connectivity index (χ2n) is 5.85. The van der Waals surface area contributed by atoms with Crippen molar-refractivity contribution >= 4 is 10.0 Å². The molecule has 1 aliphatic rings. The van der Waals surface area contributed by atoms with Crippen molar-refractivity contribution in [1.82, 2.24) is 4.31 Å². The molecule has 2 rings (SSSR count). The Labute approximate surface area is 122 Å². The van der Waals surface area contributed by atoms with Crippen LogP contribution in [0.3, 0.4) is 0 Å². The minimum Gasteiger partial charge on any atom is -0.326 e. The van der Waals surface area contributed by atoms with Gasteiger partial charge in [0.2, 0.25) is 10.0 Å². The van der Waals surface area contributed by atoms with Crippen LogP contribution in [0, 0.1) is 19.8 Å². The Morgan fingerprint density at radius 1 is 1.35 bits per heavy atom. The van der Waals surface area contributed by atoms with E-state index < -0.39 is 10.0 Å². The van der Waals surface area contributed by atoms with Gasteiger partial charge in [-0.3, -0.25) is 0 Å². The fraction of sp³-hybridized carbons (Fsp3) is 0.600. The lowest BCUT2D eigenvalue weighted by molar-refractivity contribution is 0.281. The minimum absolute atomic E-state index is 0.361. The summed E-state index contributed by atoms with van der Waals surface area (Å²) in [6.07, 6.45) is 2.04.